The Labute approximate surface area is 118 Å². The number of benzene rings is 1. The number of rotatable bonds is 3. The van der Waals surface area contributed by atoms with E-state index in [1.165, 1.54) is 36.8 Å². The Bertz CT molecular complexity index is 641. The van der Waals surface area contributed by atoms with Crippen LogP contribution in [0.4, 0.5) is 5.82 Å². The summed E-state index contributed by atoms with van der Waals surface area (Å²) < 4.78 is 0. The van der Waals surface area contributed by atoms with Crippen LogP contribution < -0.4 is 5.32 Å². The molecule has 0 amide bonds. The van der Waals surface area contributed by atoms with Crippen LogP contribution in [0.25, 0.3) is 11.3 Å². The molecule has 0 atom stereocenters. The third-order valence-corrected chi connectivity index (χ3v) is 3.66. The summed E-state index contributed by atoms with van der Waals surface area (Å²) in [6, 6.07) is 12.4. The molecule has 0 fully saturated rings. The Balaban J connectivity index is 1.84. The van der Waals surface area contributed by atoms with Gasteiger partial charge < -0.3 is 5.32 Å². The fourth-order valence-corrected chi connectivity index (χ4v) is 2.60. The summed E-state index contributed by atoms with van der Waals surface area (Å²) in [6.45, 7) is 0.243. The van der Waals surface area contributed by atoms with E-state index >= 15 is 0 Å². The zero-order chi connectivity index (χ0) is 13.8. The van der Waals surface area contributed by atoms with Crippen molar-refractivity contribution in [1.29, 1.82) is 5.26 Å². The second kappa shape index (κ2) is 5.70. The molecule has 100 valence electrons. The number of aryl methyl sites for hydroxylation is 2. The smallest absolute Gasteiger partial charge is 0.149 e. The van der Waals surface area contributed by atoms with Gasteiger partial charge in [0.1, 0.15) is 12.4 Å². The third-order valence-electron chi connectivity index (χ3n) is 3.66. The van der Waals surface area contributed by atoms with Crippen LogP contribution in [-0.4, -0.2) is 16.7 Å². The van der Waals surface area contributed by atoms with Gasteiger partial charge in [0.05, 0.1) is 11.8 Å². The lowest BCUT2D eigenvalue weighted by Gasteiger charge is -2.16. The van der Waals surface area contributed by atoms with Crippen LogP contribution >= 0.6 is 0 Å². The van der Waals surface area contributed by atoms with Gasteiger partial charge in [0.15, 0.2) is 0 Å². The molecule has 2 aromatic rings. The molecule has 0 radical (unpaired) electrons. The lowest BCUT2D eigenvalue weighted by atomic mass is 9.90. The lowest BCUT2D eigenvalue weighted by Crippen LogP contribution is -2.03. The second-order valence-electron chi connectivity index (χ2n) is 5.01. The Hall–Kier alpha value is -2.41. The van der Waals surface area contributed by atoms with Crippen molar-refractivity contribution in [1.82, 2.24) is 10.2 Å². The molecule has 0 saturated carbocycles. The maximum Gasteiger partial charge on any atom is 0.149 e. The van der Waals surface area contributed by atoms with E-state index in [1.807, 2.05) is 18.2 Å². The summed E-state index contributed by atoms with van der Waals surface area (Å²) in [4.78, 5) is 0. The number of hydrogen-bond acceptors (Lipinski definition) is 4. The molecule has 0 aliphatic heterocycles. The highest BCUT2D eigenvalue weighted by Gasteiger charge is 2.10. The van der Waals surface area contributed by atoms with E-state index in [1.54, 1.807) is 0 Å². The normalized spacial score (nSPS) is 13.3. The number of anilines is 1. The Morgan fingerprint density at radius 2 is 1.90 bits per heavy atom. The number of hydrogen-bond donors (Lipinski definition) is 1. The van der Waals surface area contributed by atoms with Crippen molar-refractivity contribution < 1.29 is 0 Å². The van der Waals surface area contributed by atoms with Gasteiger partial charge >= 0.3 is 0 Å². The van der Waals surface area contributed by atoms with Crippen LogP contribution in [0.5, 0.6) is 0 Å². The van der Waals surface area contributed by atoms with E-state index < -0.39 is 0 Å². The van der Waals surface area contributed by atoms with Gasteiger partial charge in [-0.2, -0.15) is 5.26 Å². The minimum absolute atomic E-state index is 0.243. The summed E-state index contributed by atoms with van der Waals surface area (Å²) in [5.41, 5.74) is 4.91. The van der Waals surface area contributed by atoms with Crippen molar-refractivity contribution in [3.05, 3.63) is 41.5 Å². The molecule has 1 N–H and O–H groups in total. The fourth-order valence-electron chi connectivity index (χ4n) is 2.60. The predicted octanol–water partition coefficient (Wildman–Crippen LogP) is 2.96. The molecule has 3 rings (SSSR count). The van der Waals surface area contributed by atoms with E-state index in [9.17, 15) is 0 Å². The first-order chi connectivity index (χ1) is 9.86. The molecule has 1 aliphatic rings. The molecule has 0 spiro atoms. The summed E-state index contributed by atoms with van der Waals surface area (Å²) in [7, 11) is 0. The minimum Gasteiger partial charge on any atom is -0.356 e. The zero-order valence-electron chi connectivity index (χ0n) is 11.3. The van der Waals surface area contributed by atoms with Gasteiger partial charge in [-0.05, 0) is 55.0 Å². The fraction of sp³-hybridized carbons (Fsp3) is 0.312. The Morgan fingerprint density at radius 3 is 2.65 bits per heavy atom. The van der Waals surface area contributed by atoms with E-state index in [-0.39, 0.29) is 6.54 Å². The average molecular weight is 264 g/mol. The molecule has 4 nitrogen and oxygen atoms in total. The van der Waals surface area contributed by atoms with E-state index in [0.717, 1.165) is 11.3 Å². The van der Waals surface area contributed by atoms with Gasteiger partial charge in [-0.1, -0.05) is 12.1 Å². The van der Waals surface area contributed by atoms with Gasteiger partial charge in [-0.25, -0.2) is 0 Å². The predicted molar refractivity (Wildman–Crippen MR) is 78.2 cm³/mol. The summed E-state index contributed by atoms with van der Waals surface area (Å²) >= 11 is 0. The van der Waals surface area contributed by atoms with Gasteiger partial charge in [0.2, 0.25) is 0 Å². The minimum atomic E-state index is 0.243. The highest BCUT2D eigenvalue weighted by molar-refractivity contribution is 5.61. The van der Waals surface area contributed by atoms with Crippen LogP contribution in [0.2, 0.25) is 0 Å². The SMILES string of the molecule is N#CCNc1ccc(-c2ccc3c(c2)CCCC3)nn1. The first-order valence-electron chi connectivity index (χ1n) is 6.93. The summed E-state index contributed by atoms with van der Waals surface area (Å²) in [5.74, 6) is 0.633. The first-order valence-corrected chi connectivity index (χ1v) is 6.93. The van der Waals surface area contributed by atoms with Gasteiger partial charge in [0, 0.05) is 5.56 Å². The number of nitrogens with zero attached hydrogens (tertiary/aromatic N) is 3. The third kappa shape index (κ3) is 2.62. The number of fused-ring (bicyclic) bond motifs is 1. The van der Waals surface area contributed by atoms with Crippen molar-refractivity contribution in [2.75, 3.05) is 11.9 Å². The second-order valence-corrected chi connectivity index (χ2v) is 5.01. The topological polar surface area (TPSA) is 61.6 Å². The summed E-state index contributed by atoms with van der Waals surface area (Å²) in [5, 5.41) is 19.7. The molecule has 4 heteroatoms. The van der Waals surface area contributed by atoms with E-state index in [2.05, 4.69) is 33.7 Å². The van der Waals surface area contributed by atoms with Crippen molar-refractivity contribution in [3.63, 3.8) is 0 Å². The maximum absolute atomic E-state index is 8.51. The van der Waals surface area contributed by atoms with Crippen LogP contribution in [0.3, 0.4) is 0 Å². The average Bonchev–Trinajstić information content (AvgIpc) is 2.53. The molecular weight excluding hydrogens is 248 g/mol. The van der Waals surface area contributed by atoms with Crippen LogP contribution in [0.15, 0.2) is 30.3 Å². The molecule has 1 heterocycles. The molecule has 1 aliphatic carbocycles. The van der Waals surface area contributed by atoms with Crippen LogP contribution in [0.1, 0.15) is 24.0 Å². The van der Waals surface area contributed by atoms with Crippen LogP contribution in [0, 0.1) is 11.3 Å². The van der Waals surface area contributed by atoms with Crippen molar-refractivity contribution in [2.45, 2.75) is 25.7 Å². The number of nitriles is 1. The number of aromatic nitrogens is 2. The maximum atomic E-state index is 8.51. The molecule has 1 aromatic heterocycles. The monoisotopic (exact) mass is 264 g/mol. The standard InChI is InChI=1S/C16H16N4/c17-9-10-18-16-8-7-15(19-20-16)14-6-5-12-3-1-2-4-13(12)11-14/h5-8,11H,1-4,10H2,(H,18,20). The molecule has 0 saturated heterocycles. The highest BCUT2D eigenvalue weighted by atomic mass is 15.2. The number of nitrogens with one attached hydrogen (secondary N) is 1. The van der Waals surface area contributed by atoms with Gasteiger partial charge in [0.25, 0.3) is 0 Å². The zero-order valence-corrected chi connectivity index (χ0v) is 11.3. The molecule has 0 unspecified atom stereocenters. The van der Waals surface area contributed by atoms with Crippen molar-refractivity contribution in [2.24, 2.45) is 0 Å². The lowest BCUT2D eigenvalue weighted by molar-refractivity contribution is 0.686. The van der Waals surface area contributed by atoms with Crippen LogP contribution in [-0.2, 0) is 12.8 Å². The molecule has 0 bridgehead atoms. The molecule has 20 heavy (non-hydrogen) atoms. The van der Waals surface area contributed by atoms with E-state index in [4.69, 9.17) is 5.26 Å². The molecular formula is C16H16N4. The Morgan fingerprint density at radius 1 is 1.05 bits per heavy atom. The quantitative estimate of drug-likeness (QED) is 0.866. The van der Waals surface area contributed by atoms with Gasteiger partial charge in [-0.15, -0.1) is 10.2 Å². The highest BCUT2D eigenvalue weighted by Crippen LogP contribution is 2.26. The summed E-state index contributed by atoms with van der Waals surface area (Å²) in [6.07, 6.45) is 4.93. The van der Waals surface area contributed by atoms with Crippen molar-refractivity contribution in [3.8, 4) is 17.3 Å². The van der Waals surface area contributed by atoms with Crippen molar-refractivity contribution >= 4 is 5.82 Å². The molecule has 1 aromatic carbocycles. The largest absolute Gasteiger partial charge is 0.356 e. The van der Waals surface area contributed by atoms with E-state index in [0.29, 0.717) is 5.82 Å². The first kappa shape index (κ1) is 12.6. The Kier molecular flexibility index (Phi) is 3.60. The van der Waals surface area contributed by atoms with Gasteiger partial charge in [-0.3, -0.25) is 0 Å².